The summed E-state index contributed by atoms with van der Waals surface area (Å²) >= 11 is 0. The van der Waals surface area contributed by atoms with Crippen molar-refractivity contribution in [3.8, 4) is 0 Å². The summed E-state index contributed by atoms with van der Waals surface area (Å²) in [6.45, 7) is 9.15. The molecule has 0 aliphatic heterocycles. The molecule has 0 aliphatic rings. The van der Waals surface area contributed by atoms with Crippen LogP contribution in [-0.4, -0.2) is 19.3 Å². The summed E-state index contributed by atoms with van der Waals surface area (Å²) in [5.74, 6) is 1.01. The van der Waals surface area contributed by atoms with E-state index in [2.05, 4.69) is 39.1 Å². The molecule has 1 N–H and O–H groups in total. The number of rotatable bonds is 5. The lowest BCUT2D eigenvalue weighted by molar-refractivity contribution is 0.0210. The lowest BCUT2D eigenvalue weighted by Gasteiger charge is -2.25. The number of nitrogens with one attached hydrogen (secondary N) is 1. The van der Waals surface area contributed by atoms with Gasteiger partial charge in [0.15, 0.2) is 0 Å². The van der Waals surface area contributed by atoms with E-state index >= 15 is 0 Å². The molecular weight excluding hydrogens is 238 g/mol. The Morgan fingerprint density at radius 1 is 1.32 bits per heavy atom. The van der Waals surface area contributed by atoms with Gasteiger partial charge in [-0.2, -0.15) is 0 Å². The third-order valence-electron chi connectivity index (χ3n) is 3.66. The minimum atomic E-state index is -0.172. The summed E-state index contributed by atoms with van der Waals surface area (Å²) in [4.78, 5) is 0. The third kappa shape index (κ3) is 2.99. The van der Waals surface area contributed by atoms with Crippen LogP contribution in [0.25, 0.3) is 11.0 Å². The van der Waals surface area contributed by atoms with E-state index in [0.717, 1.165) is 17.9 Å². The second kappa shape index (κ2) is 5.35. The molecule has 0 radical (unpaired) electrons. The quantitative estimate of drug-likeness (QED) is 0.888. The smallest absolute Gasteiger partial charge is 0.134 e. The first-order valence-electron chi connectivity index (χ1n) is 6.71. The van der Waals surface area contributed by atoms with E-state index in [1.807, 2.05) is 18.2 Å². The predicted molar refractivity (Wildman–Crippen MR) is 78.5 cm³/mol. The Kier molecular flexibility index (Phi) is 3.97. The summed E-state index contributed by atoms with van der Waals surface area (Å²) in [6.07, 6.45) is 0. The van der Waals surface area contributed by atoms with Crippen LogP contribution in [0.4, 0.5) is 0 Å². The van der Waals surface area contributed by atoms with Crippen LogP contribution in [0.1, 0.15) is 38.1 Å². The lowest BCUT2D eigenvalue weighted by Crippen LogP contribution is -2.37. The highest BCUT2D eigenvalue weighted by molar-refractivity contribution is 5.82. The molecule has 1 unspecified atom stereocenters. The van der Waals surface area contributed by atoms with Crippen LogP contribution >= 0.6 is 0 Å². The van der Waals surface area contributed by atoms with Crippen LogP contribution in [0, 0.1) is 6.92 Å². The summed E-state index contributed by atoms with van der Waals surface area (Å²) in [5.41, 5.74) is 1.99. The molecule has 1 atom stereocenters. The first-order chi connectivity index (χ1) is 8.94. The zero-order valence-electron chi connectivity index (χ0n) is 12.4. The second-order valence-corrected chi connectivity index (χ2v) is 5.65. The maximum absolute atomic E-state index is 5.96. The van der Waals surface area contributed by atoms with Crippen LogP contribution in [0.15, 0.2) is 28.7 Å². The molecule has 19 heavy (non-hydrogen) atoms. The fourth-order valence-electron chi connectivity index (χ4n) is 2.17. The molecule has 2 rings (SSSR count). The van der Waals surface area contributed by atoms with E-state index in [1.54, 1.807) is 7.11 Å². The highest BCUT2D eigenvalue weighted by Crippen LogP contribution is 2.29. The van der Waals surface area contributed by atoms with Crippen molar-refractivity contribution in [1.82, 2.24) is 5.32 Å². The van der Waals surface area contributed by atoms with Crippen LogP contribution < -0.4 is 5.32 Å². The van der Waals surface area contributed by atoms with Crippen molar-refractivity contribution in [3.05, 3.63) is 35.6 Å². The number of fused-ring (bicyclic) bond motifs is 1. The largest absolute Gasteiger partial charge is 0.459 e. The summed E-state index contributed by atoms with van der Waals surface area (Å²) < 4.78 is 11.4. The van der Waals surface area contributed by atoms with Crippen molar-refractivity contribution in [2.75, 3.05) is 13.7 Å². The van der Waals surface area contributed by atoms with Gasteiger partial charge in [-0.05, 0) is 39.3 Å². The van der Waals surface area contributed by atoms with Gasteiger partial charge in [0.25, 0.3) is 0 Å². The van der Waals surface area contributed by atoms with Gasteiger partial charge in [-0.25, -0.2) is 0 Å². The fraction of sp³-hybridized carbons (Fsp3) is 0.500. The highest BCUT2D eigenvalue weighted by atomic mass is 16.5. The highest BCUT2D eigenvalue weighted by Gasteiger charge is 2.20. The fourth-order valence-corrected chi connectivity index (χ4v) is 2.17. The predicted octanol–water partition coefficient (Wildman–Crippen LogP) is 3.82. The van der Waals surface area contributed by atoms with Crippen LogP contribution in [0.2, 0.25) is 0 Å². The summed E-state index contributed by atoms with van der Waals surface area (Å²) in [5, 5.41) is 4.66. The normalized spacial score (nSPS) is 13.9. The summed E-state index contributed by atoms with van der Waals surface area (Å²) in [7, 11) is 1.73. The topological polar surface area (TPSA) is 34.4 Å². The van der Waals surface area contributed by atoms with Crippen LogP contribution in [0.5, 0.6) is 0 Å². The number of benzene rings is 1. The third-order valence-corrected chi connectivity index (χ3v) is 3.66. The molecule has 0 spiro atoms. The lowest BCUT2D eigenvalue weighted by atomic mass is 10.1. The Labute approximate surface area is 114 Å². The van der Waals surface area contributed by atoms with Gasteiger partial charge in [0.1, 0.15) is 11.3 Å². The van der Waals surface area contributed by atoms with Gasteiger partial charge in [-0.3, -0.25) is 0 Å². The maximum Gasteiger partial charge on any atom is 0.134 e. The molecule has 0 bridgehead atoms. The van der Waals surface area contributed by atoms with Gasteiger partial charge in [-0.15, -0.1) is 0 Å². The van der Waals surface area contributed by atoms with Gasteiger partial charge < -0.3 is 14.5 Å². The molecule has 1 aromatic carbocycles. The van der Waals surface area contributed by atoms with E-state index < -0.39 is 0 Å². The number of aryl methyl sites for hydroxylation is 1. The van der Waals surface area contributed by atoms with Crippen molar-refractivity contribution in [2.45, 2.75) is 39.3 Å². The zero-order valence-corrected chi connectivity index (χ0v) is 12.4. The first kappa shape index (κ1) is 14.1. The zero-order chi connectivity index (χ0) is 14.0. The van der Waals surface area contributed by atoms with Crippen molar-refractivity contribution in [3.63, 3.8) is 0 Å². The number of ether oxygens (including phenoxy) is 1. The molecule has 0 saturated heterocycles. The number of hydrogen-bond acceptors (Lipinski definition) is 3. The minimum absolute atomic E-state index is 0.168. The Hall–Kier alpha value is -1.32. The number of furan rings is 1. The van der Waals surface area contributed by atoms with Crippen molar-refractivity contribution in [2.24, 2.45) is 0 Å². The van der Waals surface area contributed by atoms with Crippen LogP contribution in [-0.2, 0) is 4.74 Å². The molecule has 0 saturated carbocycles. The molecule has 2 aromatic rings. The maximum atomic E-state index is 5.96. The average Bonchev–Trinajstić information content (AvgIpc) is 2.74. The van der Waals surface area contributed by atoms with Gasteiger partial charge in [0.2, 0.25) is 0 Å². The second-order valence-electron chi connectivity index (χ2n) is 5.65. The van der Waals surface area contributed by atoms with Gasteiger partial charge in [-0.1, -0.05) is 18.2 Å². The minimum Gasteiger partial charge on any atom is -0.459 e. The van der Waals surface area contributed by atoms with Gasteiger partial charge in [0.05, 0.1) is 11.6 Å². The molecule has 3 heteroatoms. The number of para-hydroxylation sites is 1. The Morgan fingerprint density at radius 3 is 2.63 bits per heavy atom. The van der Waals surface area contributed by atoms with Gasteiger partial charge >= 0.3 is 0 Å². The molecule has 0 amide bonds. The monoisotopic (exact) mass is 261 g/mol. The van der Waals surface area contributed by atoms with Crippen molar-refractivity contribution < 1.29 is 9.15 Å². The first-order valence-corrected chi connectivity index (χ1v) is 6.71. The van der Waals surface area contributed by atoms with Gasteiger partial charge in [0, 0.05) is 19.0 Å². The Morgan fingerprint density at radius 2 is 2.00 bits per heavy atom. The molecule has 1 heterocycles. The Balaban J connectivity index is 2.17. The standard InChI is InChI=1S/C16H23NO2/c1-11-13-8-6-7-9-14(13)19-15(11)12(2)17-10-16(3,4)18-5/h6-9,12,17H,10H2,1-5H3. The van der Waals surface area contributed by atoms with Crippen LogP contribution in [0.3, 0.4) is 0 Å². The molecule has 1 aromatic heterocycles. The van der Waals surface area contributed by atoms with Crippen molar-refractivity contribution in [1.29, 1.82) is 0 Å². The number of hydrogen-bond donors (Lipinski definition) is 1. The Bertz CT molecular complexity index is 557. The molecular formula is C16H23NO2. The average molecular weight is 261 g/mol. The van der Waals surface area contributed by atoms with E-state index in [4.69, 9.17) is 9.15 Å². The molecule has 0 aliphatic carbocycles. The van der Waals surface area contributed by atoms with E-state index in [9.17, 15) is 0 Å². The molecule has 104 valence electrons. The SMILES string of the molecule is COC(C)(C)CNC(C)c1oc2ccccc2c1C. The van der Waals surface area contributed by atoms with Crippen molar-refractivity contribution >= 4 is 11.0 Å². The molecule has 0 fully saturated rings. The number of methoxy groups -OCH3 is 1. The molecule has 3 nitrogen and oxygen atoms in total. The van der Waals surface area contributed by atoms with E-state index in [1.165, 1.54) is 10.9 Å². The summed E-state index contributed by atoms with van der Waals surface area (Å²) in [6, 6.07) is 8.32. The van der Waals surface area contributed by atoms with E-state index in [0.29, 0.717) is 0 Å². The van der Waals surface area contributed by atoms with E-state index in [-0.39, 0.29) is 11.6 Å².